The molecule has 76 valence electrons. The number of aromatic nitrogens is 1. The zero-order chi connectivity index (χ0) is 10.6. The molecule has 14 heavy (non-hydrogen) atoms. The van der Waals surface area contributed by atoms with E-state index in [1.165, 1.54) is 0 Å². The van der Waals surface area contributed by atoms with Crippen LogP contribution in [0.1, 0.15) is 5.56 Å². The van der Waals surface area contributed by atoms with Crippen LogP contribution >= 0.6 is 23.2 Å². The largest absolute Gasteiger partial charge is 0.297 e. The third-order valence-electron chi connectivity index (χ3n) is 1.68. The molecule has 0 spiro atoms. The lowest BCUT2D eigenvalue weighted by atomic mass is 10.3. The second-order valence-electron chi connectivity index (χ2n) is 3.18. The van der Waals surface area contributed by atoms with Gasteiger partial charge in [0.05, 0.1) is 0 Å². The summed E-state index contributed by atoms with van der Waals surface area (Å²) in [5.41, 5.74) is 1.11. The Balaban J connectivity index is 2.51. The van der Waals surface area contributed by atoms with Gasteiger partial charge in [0.1, 0.15) is 5.15 Å². The third-order valence-corrected chi connectivity index (χ3v) is 2.03. The summed E-state index contributed by atoms with van der Waals surface area (Å²) in [7, 11) is 1.97. The minimum Gasteiger partial charge on any atom is -0.297 e. The van der Waals surface area contributed by atoms with Crippen molar-refractivity contribution >= 4 is 23.2 Å². The number of halogens is 2. The summed E-state index contributed by atoms with van der Waals surface area (Å²) < 4.78 is 0. The Labute approximate surface area is 94.2 Å². The maximum absolute atomic E-state index is 5.69. The molecule has 0 fully saturated rings. The zero-order valence-electron chi connectivity index (χ0n) is 8.00. The van der Waals surface area contributed by atoms with Gasteiger partial charge in [0.2, 0.25) is 0 Å². The molecule has 0 N–H and O–H groups in total. The van der Waals surface area contributed by atoms with Crippen LogP contribution in [-0.2, 0) is 6.54 Å². The zero-order valence-corrected chi connectivity index (χ0v) is 9.52. The summed E-state index contributed by atoms with van der Waals surface area (Å²) in [5, 5.41) is 1.15. The van der Waals surface area contributed by atoms with Crippen molar-refractivity contribution in [3.63, 3.8) is 0 Å². The summed E-state index contributed by atoms with van der Waals surface area (Å²) in [5.74, 6) is 0. The molecule has 0 aliphatic heterocycles. The van der Waals surface area contributed by atoms with Crippen molar-refractivity contribution in [2.24, 2.45) is 0 Å². The molecule has 0 saturated heterocycles. The molecule has 0 saturated carbocycles. The van der Waals surface area contributed by atoms with Gasteiger partial charge in [0, 0.05) is 24.3 Å². The van der Waals surface area contributed by atoms with Gasteiger partial charge in [-0.05, 0) is 18.7 Å². The Morgan fingerprint density at radius 3 is 2.79 bits per heavy atom. The highest BCUT2D eigenvalue weighted by molar-refractivity contribution is 6.29. The van der Waals surface area contributed by atoms with E-state index in [-0.39, 0.29) is 0 Å². The number of likely N-dealkylation sites (N-methyl/N-ethyl adjacent to an activating group) is 1. The topological polar surface area (TPSA) is 16.1 Å². The van der Waals surface area contributed by atoms with Crippen molar-refractivity contribution in [2.45, 2.75) is 6.54 Å². The molecular formula is C10H12Cl2N2. The maximum Gasteiger partial charge on any atom is 0.129 e. The molecule has 0 radical (unpaired) electrons. The van der Waals surface area contributed by atoms with Crippen molar-refractivity contribution in [2.75, 3.05) is 13.6 Å². The lowest BCUT2D eigenvalue weighted by molar-refractivity contribution is 0.360. The molecule has 1 rings (SSSR count). The van der Waals surface area contributed by atoms with Crippen LogP contribution in [0.25, 0.3) is 0 Å². The Hall–Kier alpha value is -0.570. The number of hydrogen-bond acceptors (Lipinski definition) is 2. The molecule has 0 bridgehead atoms. The summed E-state index contributed by atoms with van der Waals surface area (Å²) >= 11 is 11.4. The van der Waals surface area contributed by atoms with E-state index >= 15 is 0 Å². The molecule has 0 aliphatic rings. The molecule has 1 heterocycles. The fraction of sp³-hybridized carbons (Fsp3) is 0.300. The van der Waals surface area contributed by atoms with Crippen molar-refractivity contribution < 1.29 is 0 Å². The normalized spacial score (nSPS) is 10.6. The first kappa shape index (κ1) is 11.5. The molecule has 4 heteroatoms. The predicted molar refractivity (Wildman–Crippen MR) is 60.6 cm³/mol. The van der Waals surface area contributed by atoms with Gasteiger partial charge in [-0.15, -0.1) is 0 Å². The number of nitrogens with zero attached hydrogens (tertiary/aromatic N) is 2. The standard InChI is InChI=1S/C10H12Cl2N2/c1-8(11)6-14(2)7-9-3-4-10(12)13-5-9/h3-5H,1,6-7H2,2H3. The van der Waals surface area contributed by atoms with E-state index in [4.69, 9.17) is 23.2 Å². The van der Waals surface area contributed by atoms with Gasteiger partial charge in [-0.3, -0.25) is 4.90 Å². The van der Waals surface area contributed by atoms with Gasteiger partial charge in [-0.25, -0.2) is 4.98 Å². The van der Waals surface area contributed by atoms with Crippen LogP contribution in [0.5, 0.6) is 0 Å². The van der Waals surface area contributed by atoms with Gasteiger partial charge in [0.15, 0.2) is 0 Å². The monoisotopic (exact) mass is 230 g/mol. The summed E-state index contributed by atoms with van der Waals surface area (Å²) in [6.45, 7) is 5.10. The number of hydrogen-bond donors (Lipinski definition) is 0. The van der Waals surface area contributed by atoms with Crippen LogP contribution < -0.4 is 0 Å². The average molecular weight is 231 g/mol. The SMILES string of the molecule is C=C(Cl)CN(C)Cc1ccc(Cl)nc1. The smallest absolute Gasteiger partial charge is 0.129 e. The Kier molecular flexibility index (Phi) is 4.39. The third kappa shape index (κ3) is 4.09. The van der Waals surface area contributed by atoms with Gasteiger partial charge in [0.25, 0.3) is 0 Å². The molecular weight excluding hydrogens is 219 g/mol. The van der Waals surface area contributed by atoms with Crippen LogP contribution in [0.3, 0.4) is 0 Å². The van der Waals surface area contributed by atoms with E-state index in [0.29, 0.717) is 16.7 Å². The van der Waals surface area contributed by atoms with E-state index in [1.54, 1.807) is 12.3 Å². The van der Waals surface area contributed by atoms with Crippen LogP contribution in [0.4, 0.5) is 0 Å². The van der Waals surface area contributed by atoms with Crippen molar-refractivity contribution in [3.05, 3.63) is 40.7 Å². The highest BCUT2D eigenvalue weighted by Crippen LogP contribution is 2.08. The second kappa shape index (κ2) is 5.35. The van der Waals surface area contributed by atoms with Gasteiger partial charge < -0.3 is 0 Å². The van der Waals surface area contributed by atoms with E-state index in [9.17, 15) is 0 Å². The van der Waals surface area contributed by atoms with Gasteiger partial charge >= 0.3 is 0 Å². The van der Waals surface area contributed by atoms with E-state index < -0.39 is 0 Å². The Bertz CT molecular complexity index is 308. The lowest BCUT2D eigenvalue weighted by Crippen LogP contribution is -2.19. The number of rotatable bonds is 4. The minimum atomic E-state index is 0.512. The molecule has 0 amide bonds. The lowest BCUT2D eigenvalue weighted by Gasteiger charge is -2.15. The molecule has 0 unspecified atom stereocenters. The first-order valence-electron chi connectivity index (χ1n) is 4.20. The quantitative estimate of drug-likeness (QED) is 0.740. The minimum absolute atomic E-state index is 0.512. The second-order valence-corrected chi connectivity index (χ2v) is 4.10. The molecule has 0 aliphatic carbocycles. The van der Waals surface area contributed by atoms with Crippen molar-refractivity contribution in [1.29, 1.82) is 0 Å². The van der Waals surface area contributed by atoms with Crippen LogP contribution in [0.2, 0.25) is 5.15 Å². The highest BCUT2D eigenvalue weighted by atomic mass is 35.5. The van der Waals surface area contributed by atoms with Crippen molar-refractivity contribution in [1.82, 2.24) is 9.88 Å². The molecule has 1 aromatic rings. The average Bonchev–Trinajstić information content (AvgIpc) is 2.07. The van der Waals surface area contributed by atoms with E-state index in [1.807, 2.05) is 13.1 Å². The molecule has 1 aromatic heterocycles. The van der Waals surface area contributed by atoms with Crippen LogP contribution in [0, 0.1) is 0 Å². The fourth-order valence-corrected chi connectivity index (χ4v) is 1.48. The summed E-state index contributed by atoms with van der Waals surface area (Å²) in [6.07, 6.45) is 1.76. The van der Waals surface area contributed by atoms with E-state index in [0.717, 1.165) is 12.1 Å². The Morgan fingerprint density at radius 2 is 2.29 bits per heavy atom. The van der Waals surface area contributed by atoms with Crippen LogP contribution in [-0.4, -0.2) is 23.5 Å². The van der Waals surface area contributed by atoms with Gasteiger partial charge in [-0.1, -0.05) is 35.8 Å². The molecule has 0 atom stereocenters. The summed E-state index contributed by atoms with van der Waals surface area (Å²) in [4.78, 5) is 6.05. The van der Waals surface area contributed by atoms with Crippen molar-refractivity contribution in [3.8, 4) is 0 Å². The Morgan fingerprint density at radius 1 is 1.57 bits per heavy atom. The van der Waals surface area contributed by atoms with Crippen LogP contribution in [0.15, 0.2) is 29.9 Å². The fourth-order valence-electron chi connectivity index (χ4n) is 1.16. The first-order valence-corrected chi connectivity index (χ1v) is 4.96. The summed E-state index contributed by atoms with van der Waals surface area (Å²) in [6, 6.07) is 3.73. The van der Waals surface area contributed by atoms with E-state index in [2.05, 4.69) is 16.5 Å². The molecule has 2 nitrogen and oxygen atoms in total. The number of pyridine rings is 1. The molecule has 0 aromatic carbocycles. The maximum atomic E-state index is 5.69. The highest BCUT2D eigenvalue weighted by Gasteiger charge is 2.01. The van der Waals surface area contributed by atoms with Gasteiger partial charge in [-0.2, -0.15) is 0 Å². The first-order chi connectivity index (χ1) is 6.58. The predicted octanol–water partition coefficient (Wildman–Crippen LogP) is 2.92.